The first-order valence-corrected chi connectivity index (χ1v) is 7.37. The molecule has 1 amide bonds. The molecule has 0 saturated heterocycles. The third-order valence-corrected chi connectivity index (χ3v) is 3.87. The van der Waals surface area contributed by atoms with Crippen LogP contribution in [-0.2, 0) is 11.3 Å². The zero-order valence-electron chi connectivity index (χ0n) is 11.8. The van der Waals surface area contributed by atoms with Crippen LogP contribution in [0.2, 0.25) is 0 Å². The normalized spacial score (nSPS) is 10.8. The zero-order chi connectivity index (χ0) is 15.2. The third-order valence-electron chi connectivity index (χ3n) is 3.10. The molecule has 21 heavy (non-hydrogen) atoms. The van der Waals surface area contributed by atoms with Crippen molar-refractivity contribution in [3.05, 3.63) is 70.2 Å². The maximum atomic E-state index is 12.1. The lowest BCUT2D eigenvalue weighted by molar-refractivity contribution is -0.125. The Morgan fingerprint density at radius 1 is 1.19 bits per heavy atom. The summed E-state index contributed by atoms with van der Waals surface area (Å²) in [7, 11) is 1.79. The predicted octanol–water partition coefficient (Wildman–Crippen LogP) is 3.70. The molecule has 0 bridgehead atoms. The number of nitrogen functional groups attached to an aromatic ring is 1. The van der Waals surface area contributed by atoms with E-state index in [0.717, 1.165) is 15.6 Å². The molecule has 2 N–H and O–H groups in total. The highest BCUT2D eigenvalue weighted by atomic mass is 79.9. The first-order valence-electron chi connectivity index (χ1n) is 6.58. The number of likely N-dealkylation sites (N-methyl/N-ethyl adjacent to an activating group) is 1. The minimum atomic E-state index is -0.0393. The Hall–Kier alpha value is -2.07. The van der Waals surface area contributed by atoms with E-state index in [9.17, 15) is 4.79 Å². The van der Waals surface area contributed by atoms with Gasteiger partial charge in [0.2, 0.25) is 5.91 Å². The molecule has 4 heteroatoms. The molecule has 0 aromatic heterocycles. The molecule has 0 aliphatic carbocycles. The summed E-state index contributed by atoms with van der Waals surface area (Å²) < 4.78 is 1.01. The highest BCUT2D eigenvalue weighted by Crippen LogP contribution is 2.17. The van der Waals surface area contributed by atoms with Crippen LogP contribution in [0.3, 0.4) is 0 Å². The van der Waals surface area contributed by atoms with Crippen LogP contribution in [0.5, 0.6) is 0 Å². The minimum absolute atomic E-state index is 0.0393. The van der Waals surface area contributed by atoms with Crippen LogP contribution in [0.1, 0.15) is 11.1 Å². The van der Waals surface area contributed by atoms with E-state index in [2.05, 4.69) is 15.9 Å². The fourth-order valence-corrected chi connectivity index (χ4v) is 2.27. The second kappa shape index (κ2) is 7.09. The number of anilines is 1. The summed E-state index contributed by atoms with van der Waals surface area (Å²) in [6.07, 6.45) is 3.36. The van der Waals surface area contributed by atoms with Crippen molar-refractivity contribution in [1.29, 1.82) is 0 Å². The number of carbonyl (C=O) groups excluding carboxylic acids is 1. The Labute approximate surface area is 133 Å². The van der Waals surface area contributed by atoms with Crippen molar-refractivity contribution in [3.63, 3.8) is 0 Å². The van der Waals surface area contributed by atoms with Gasteiger partial charge in [0.25, 0.3) is 0 Å². The van der Waals surface area contributed by atoms with Gasteiger partial charge in [-0.2, -0.15) is 0 Å². The monoisotopic (exact) mass is 344 g/mol. The van der Waals surface area contributed by atoms with Crippen molar-refractivity contribution in [1.82, 2.24) is 4.90 Å². The molecule has 0 unspecified atom stereocenters. The Bertz CT molecular complexity index is 650. The number of carbonyl (C=O) groups is 1. The summed E-state index contributed by atoms with van der Waals surface area (Å²) >= 11 is 3.49. The molecule has 0 atom stereocenters. The Balaban J connectivity index is 1.99. The zero-order valence-corrected chi connectivity index (χ0v) is 13.4. The molecule has 0 aliphatic rings. The average Bonchev–Trinajstić information content (AvgIpc) is 2.48. The number of hydrogen-bond donors (Lipinski definition) is 1. The predicted molar refractivity (Wildman–Crippen MR) is 90.5 cm³/mol. The topological polar surface area (TPSA) is 46.3 Å². The molecule has 2 aromatic rings. The Morgan fingerprint density at radius 3 is 2.52 bits per heavy atom. The minimum Gasteiger partial charge on any atom is -0.399 e. The first kappa shape index (κ1) is 15.3. The van der Waals surface area contributed by atoms with Gasteiger partial charge >= 0.3 is 0 Å². The van der Waals surface area contributed by atoms with E-state index in [4.69, 9.17) is 5.73 Å². The van der Waals surface area contributed by atoms with Crippen molar-refractivity contribution < 1.29 is 4.79 Å². The van der Waals surface area contributed by atoms with Crippen molar-refractivity contribution in [2.45, 2.75) is 6.54 Å². The van der Waals surface area contributed by atoms with Gasteiger partial charge in [0, 0.05) is 29.8 Å². The summed E-state index contributed by atoms with van der Waals surface area (Å²) in [5.74, 6) is -0.0393. The Morgan fingerprint density at radius 2 is 1.86 bits per heavy atom. The molecule has 0 heterocycles. The van der Waals surface area contributed by atoms with Gasteiger partial charge < -0.3 is 10.6 Å². The average molecular weight is 345 g/mol. The quantitative estimate of drug-likeness (QED) is 0.678. The van der Waals surface area contributed by atoms with E-state index in [0.29, 0.717) is 12.2 Å². The van der Waals surface area contributed by atoms with Gasteiger partial charge in [-0.15, -0.1) is 0 Å². The molecule has 0 saturated carbocycles. The first-order chi connectivity index (χ1) is 10.1. The molecule has 3 nitrogen and oxygen atoms in total. The van der Waals surface area contributed by atoms with Crippen LogP contribution in [0, 0.1) is 0 Å². The van der Waals surface area contributed by atoms with Crippen LogP contribution in [-0.4, -0.2) is 17.9 Å². The van der Waals surface area contributed by atoms with Crippen molar-refractivity contribution in [2.75, 3.05) is 12.8 Å². The van der Waals surface area contributed by atoms with Crippen LogP contribution < -0.4 is 5.73 Å². The van der Waals surface area contributed by atoms with E-state index in [1.54, 1.807) is 24.1 Å². The largest absolute Gasteiger partial charge is 0.399 e. The van der Waals surface area contributed by atoms with Gasteiger partial charge in [0.1, 0.15) is 0 Å². The van der Waals surface area contributed by atoms with Crippen LogP contribution in [0.15, 0.2) is 59.1 Å². The van der Waals surface area contributed by atoms with E-state index in [1.807, 2.05) is 48.5 Å². The molecular weight excluding hydrogens is 328 g/mol. The van der Waals surface area contributed by atoms with Gasteiger partial charge in [-0.25, -0.2) is 0 Å². The van der Waals surface area contributed by atoms with Crippen LogP contribution in [0.25, 0.3) is 6.08 Å². The maximum absolute atomic E-state index is 12.1. The maximum Gasteiger partial charge on any atom is 0.246 e. The fraction of sp³-hybridized carbons (Fsp3) is 0.118. The van der Waals surface area contributed by atoms with Gasteiger partial charge in [-0.3, -0.25) is 4.79 Å². The summed E-state index contributed by atoms with van der Waals surface area (Å²) in [5.41, 5.74) is 8.37. The lowest BCUT2D eigenvalue weighted by Crippen LogP contribution is -2.24. The van der Waals surface area contributed by atoms with E-state index in [-0.39, 0.29) is 5.91 Å². The molecule has 108 valence electrons. The molecule has 0 spiro atoms. The number of hydrogen-bond acceptors (Lipinski definition) is 2. The molecule has 0 radical (unpaired) electrons. The molecule has 0 aliphatic heterocycles. The van der Waals surface area contributed by atoms with Gasteiger partial charge in [-0.05, 0) is 35.4 Å². The summed E-state index contributed by atoms with van der Waals surface area (Å²) in [6, 6.07) is 15.3. The number of nitrogens with zero attached hydrogens (tertiary/aromatic N) is 1. The summed E-state index contributed by atoms with van der Waals surface area (Å²) in [6.45, 7) is 0.562. The second-order valence-corrected chi connectivity index (χ2v) is 5.64. The summed E-state index contributed by atoms with van der Waals surface area (Å²) in [5, 5.41) is 0. The third kappa shape index (κ3) is 4.46. The second-order valence-electron chi connectivity index (χ2n) is 4.79. The molecule has 2 rings (SSSR count). The molecule has 2 aromatic carbocycles. The number of amides is 1. The number of nitrogens with two attached hydrogens (primary N) is 1. The van der Waals surface area contributed by atoms with Gasteiger partial charge in [0.15, 0.2) is 0 Å². The van der Waals surface area contributed by atoms with Crippen LogP contribution in [0.4, 0.5) is 5.69 Å². The lowest BCUT2D eigenvalue weighted by Gasteiger charge is -2.16. The summed E-state index contributed by atoms with van der Waals surface area (Å²) in [4.78, 5) is 13.8. The fourth-order valence-electron chi connectivity index (χ4n) is 1.86. The highest BCUT2D eigenvalue weighted by molar-refractivity contribution is 9.10. The Kier molecular flexibility index (Phi) is 5.17. The smallest absolute Gasteiger partial charge is 0.246 e. The van der Waals surface area contributed by atoms with Crippen molar-refractivity contribution in [2.24, 2.45) is 0 Å². The number of benzene rings is 2. The molecule has 0 fully saturated rings. The van der Waals surface area contributed by atoms with Crippen molar-refractivity contribution >= 4 is 33.6 Å². The van der Waals surface area contributed by atoms with Crippen molar-refractivity contribution in [3.8, 4) is 0 Å². The standard InChI is InChI=1S/C17H17BrN2O/c1-20(12-14-4-2-3-5-16(14)18)17(21)11-8-13-6-9-15(19)10-7-13/h2-11H,12,19H2,1H3/b11-8+. The van der Waals surface area contributed by atoms with E-state index >= 15 is 0 Å². The lowest BCUT2D eigenvalue weighted by atomic mass is 10.2. The van der Waals surface area contributed by atoms with Gasteiger partial charge in [-0.1, -0.05) is 46.3 Å². The molecular formula is C17H17BrN2O. The van der Waals surface area contributed by atoms with Gasteiger partial charge in [0.05, 0.1) is 0 Å². The van der Waals surface area contributed by atoms with Crippen LogP contribution >= 0.6 is 15.9 Å². The SMILES string of the molecule is CN(Cc1ccccc1Br)C(=O)/C=C/c1ccc(N)cc1. The number of rotatable bonds is 4. The van der Waals surface area contributed by atoms with E-state index < -0.39 is 0 Å². The number of halogens is 1. The van der Waals surface area contributed by atoms with E-state index in [1.165, 1.54) is 0 Å². The highest BCUT2D eigenvalue weighted by Gasteiger charge is 2.07.